The minimum absolute atomic E-state index is 0.937. The summed E-state index contributed by atoms with van der Waals surface area (Å²) in [5.41, 5.74) is 1.10. The molecule has 0 bridgehead atoms. The van der Waals surface area contributed by atoms with Gasteiger partial charge in [0.05, 0.1) is 15.7 Å². The van der Waals surface area contributed by atoms with E-state index in [4.69, 9.17) is 0 Å². The topological polar surface area (TPSA) is 17.1 Å². The zero-order chi connectivity index (χ0) is 10.4. The third-order valence-corrected chi connectivity index (χ3v) is 4.18. The van der Waals surface area contributed by atoms with Crippen molar-refractivity contribution < 1.29 is 4.21 Å². The number of benzene rings is 2. The standard InChI is InChI=1S/C13H10OS/c1-9-6-12-7-10-4-2-3-5-11(10)8-13(12)15(9)14/h2-8H,1H3. The molecule has 0 saturated carbocycles. The van der Waals surface area contributed by atoms with E-state index in [9.17, 15) is 4.21 Å². The van der Waals surface area contributed by atoms with Gasteiger partial charge in [-0.05, 0) is 41.5 Å². The molecule has 0 aliphatic carbocycles. The van der Waals surface area contributed by atoms with Crippen LogP contribution in [0.1, 0.15) is 12.5 Å². The van der Waals surface area contributed by atoms with Crippen LogP contribution in [-0.2, 0) is 10.8 Å². The van der Waals surface area contributed by atoms with Crippen molar-refractivity contribution in [3.8, 4) is 0 Å². The van der Waals surface area contributed by atoms with Crippen LogP contribution in [0.2, 0.25) is 0 Å². The molecule has 2 heteroatoms. The lowest BCUT2D eigenvalue weighted by Crippen LogP contribution is -1.87. The second-order valence-corrected chi connectivity index (χ2v) is 5.38. The number of rotatable bonds is 0. The summed E-state index contributed by atoms with van der Waals surface area (Å²) in [7, 11) is -0.937. The lowest BCUT2D eigenvalue weighted by Gasteiger charge is -2.01. The summed E-state index contributed by atoms with van der Waals surface area (Å²) in [4.78, 5) is 1.89. The highest BCUT2D eigenvalue weighted by Gasteiger charge is 2.17. The summed E-state index contributed by atoms with van der Waals surface area (Å²) >= 11 is 0. The minimum atomic E-state index is -0.937. The summed E-state index contributed by atoms with van der Waals surface area (Å²) in [5, 5.41) is 2.37. The van der Waals surface area contributed by atoms with Crippen LogP contribution < -0.4 is 0 Å². The lowest BCUT2D eigenvalue weighted by atomic mass is 10.1. The van der Waals surface area contributed by atoms with E-state index in [2.05, 4.69) is 18.2 Å². The maximum absolute atomic E-state index is 11.9. The van der Waals surface area contributed by atoms with Crippen LogP contribution >= 0.6 is 0 Å². The molecule has 0 radical (unpaired) electrons. The Hall–Kier alpha value is -1.41. The quantitative estimate of drug-likeness (QED) is 0.657. The molecule has 1 atom stereocenters. The SMILES string of the molecule is CC1=Cc2cc3ccccc3cc2S1=O. The monoisotopic (exact) mass is 214 g/mol. The number of allylic oxidation sites excluding steroid dienone is 1. The molecule has 3 rings (SSSR count). The van der Waals surface area contributed by atoms with Gasteiger partial charge in [0.25, 0.3) is 0 Å². The Morgan fingerprint density at radius 3 is 2.47 bits per heavy atom. The van der Waals surface area contributed by atoms with Gasteiger partial charge in [-0.3, -0.25) is 0 Å². The summed E-state index contributed by atoms with van der Waals surface area (Å²) in [6.45, 7) is 1.92. The zero-order valence-electron chi connectivity index (χ0n) is 8.36. The Kier molecular flexibility index (Phi) is 1.80. The first kappa shape index (κ1) is 8.86. The van der Waals surface area contributed by atoms with Crippen LogP contribution in [0, 0.1) is 0 Å². The molecule has 0 aromatic heterocycles. The molecule has 1 unspecified atom stereocenters. The van der Waals surface area contributed by atoms with Crippen molar-refractivity contribution in [2.24, 2.45) is 0 Å². The molecule has 0 amide bonds. The van der Waals surface area contributed by atoms with Crippen LogP contribution in [-0.4, -0.2) is 4.21 Å². The molecule has 2 aromatic carbocycles. The van der Waals surface area contributed by atoms with Crippen molar-refractivity contribution in [3.63, 3.8) is 0 Å². The van der Waals surface area contributed by atoms with Crippen LogP contribution in [0.4, 0.5) is 0 Å². The summed E-state index contributed by atoms with van der Waals surface area (Å²) in [6, 6.07) is 12.3. The van der Waals surface area contributed by atoms with Crippen molar-refractivity contribution in [3.05, 3.63) is 46.9 Å². The first-order valence-corrected chi connectivity index (χ1v) is 6.03. The van der Waals surface area contributed by atoms with Gasteiger partial charge >= 0.3 is 0 Å². The third-order valence-electron chi connectivity index (χ3n) is 2.73. The zero-order valence-corrected chi connectivity index (χ0v) is 9.17. The van der Waals surface area contributed by atoms with Gasteiger partial charge in [0.15, 0.2) is 0 Å². The van der Waals surface area contributed by atoms with Gasteiger partial charge in [-0.2, -0.15) is 0 Å². The van der Waals surface area contributed by atoms with E-state index in [0.29, 0.717) is 0 Å². The molecule has 1 nitrogen and oxygen atoms in total. The number of hydrogen-bond acceptors (Lipinski definition) is 1. The Balaban J connectivity index is 2.38. The molecule has 1 heterocycles. The van der Waals surface area contributed by atoms with E-state index >= 15 is 0 Å². The second kappa shape index (κ2) is 3.04. The van der Waals surface area contributed by atoms with Crippen molar-refractivity contribution in [1.29, 1.82) is 0 Å². The molecular formula is C13H10OS. The van der Waals surface area contributed by atoms with Gasteiger partial charge in [0.2, 0.25) is 0 Å². The smallest absolute Gasteiger partial charge is 0.0812 e. The van der Waals surface area contributed by atoms with E-state index in [-0.39, 0.29) is 0 Å². The molecular weight excluding hydrogens is 204 g/mol. The molecule has 0 saturated heterocycles. The Morgan fingerprint density at radius 1 is 1.07 bits per heavy atom. The fraction of sp³-hybridized carbons (Fsp3) is 0.0769. The molecule has 0 fully saturated rings. The predicted molar refractivity (Wildman–Crippen MR) is 64.0 cm³/mol. The highest BCUT2D eigenvalue weighted by molar-refractivity contribution is 7.89. The van der Waals surface area contributed by atoms with Crippen molar-refractivity contribution in [1.82, 2.24) is 0 Å². The van der Waals surface area contributed by atoms with E-state index in [0.717, 1.165) is 20.8 Å². The number of fused-ring (bicyclic) bond motifs is 2. The summed E-state index contributed by atoms with van der Waals surface area (Å²) in [6.07, 6.45) is 2.01. The molecule has 0 spiro atoms. The molecule has 74 valence electrons. The fourth-order valence-corrected chi connectivity index (χ4v) is 3.10. The first-order chi connectivity index (χ1) is 7.25. The van der Waals surface area contributed by atoms with E-state index in [1.165, 1.54) is 5.39 Å². The van der Waals surface area contributed by atoms with Gasteiger partial charge in [0, 0.05) is 4.91 Å². The van der Waals surface area contributed by atoms with Gasteiger partial charge in [0.1, 0.15) is 0 Å². The fourth-order valence-electron chi connectivity index (χ4n) is 1.96. The highest BCUT2D eigenvalue weighted by Crippen LogP contribution is 2.32. The normalized spacial score (nSPS) is 19.0. The lowest BCUT2D eigenvalue weighted by molar-refractivity contribution is 0.687. The van der Waals surface area contributed by atoms with Gasteiger partial charge in [-0.25, -0.2) is 4.21 Å². The minimum Gasteiger partial charge on any atom is -0.249 e. The number of hydrogen-bond donors (Lipinski definition) is 0. The van der Waals surface area contributed by atoms with Crippen molar-refractivity contribution in [2.45, 2.75) is 11.8 Å². The van der Waals surface area contributed by atoms with Crippen molar-refractivity contribution in [2.75, 3.05) is 0 Å². The molecule has 15 heavy (non-hydrogen) atoms. The van der Waals surface area contributed by atoms with Crippen LogP contribution in [0.3, 0.4) is 0 Å². The Labute approximate surface area is 90.9 Å². The van der Waals surface area contributed by atoms with Crippen molar-refractivity contribution >= 4 is 27.6 Å². The van der Waals surface area contributed by atoms with E-state index in [1.54, 1.807) is 0 Å². The predicted octanol–water partition coefficient (Wildman–Crippen LogP) is 3.32. The Bertz CT molecular complexity index is 611. The average Bonchev–Trinajstić information content (AvgIpc) is 2.52. The second-order valence-electron chi connectivity index (χ2n) is 3.76. The largest absolute Gasteiger partial charge is 0.249 e. The third kappa shape index (κ3) is 1.25. The summed E-state index contributed by atoms with van der Waals surface area (Å²) < 4.78 is 11.9. The first-order valence-electron chi connectivity index (χ1n) is 4.88. The average molecular weight is 214 g/mol. The van der Waals surface area contributed by atoms with Gasteiger partial charge in [-0.15, -0.1) is 0 Å². The molecule has 1 aliphatic heterocycles. The van der Waals surface area contributed by atoms with Gasteiger partial charge in [-0.1, -0.05) is 24.3 Å². The molecule has 2 aromatic rings. The molecule has 0 N–H and O–H groups in total. The van der Waals surface area contributed by atoms with Crippen LogP contribution in [0.5, 0.6) is 0 Å². The van der Waals surface area contributed by atoms with Crippen LogP contribution in [0.25, 0.3) is 16.8 Å². The van der Waals surface area contributed by atoms with Gasteiger partial charge < -0.3 is 0 Å². The maximum atomic E-state index is 11.9. The Morgan fingerprint density at radius 2 is 1.73 bits per heavy atom. The maximum Gasteiger partial charge on any atom is 0.0812 e. The van der Waals surface area contributed by atoms with Crippen LogP contribution in [0.15, 0.2) is 46.2 Å². The summed E-state index contributed by atoms with van der Waals surface area (Å²) in [5.74, 6) is 0. The highest BCUT2D eigenvalue weighted by atomic mass is 32.2. The van der Waals surface area contributed by atoms with E-state index < -0.39 is 10.8 Å². The molecule has 1 aliphatic rings. The van der Waals surface area contributed by atoms with E-state index in [1.807, 2.05) is 31.2 Å².